The van der Waals surface area contributed by atoms with E-state index >= 15 is 0 Å². The highest BCUT2D eigenvalue weighted by Gasteiger charge is 2.31. The molecule has 140 valence electrons. The Kier molecular flexibility index (Phi) is 5.66. The number of rotatable bonds is 5. The van der Waals surface area contributed by atoms with Gasteiger partial charge >= 0.3 is 0 Å². The second-order valence-corrected chi connectivity index (χ2v) is 7.13. The minimum absolute atomic E-state index is 0.0210. The van der Waals surface area contributed by atoms with Crippen LogP contribution in [-0.4, -0.2) is 53.0 Å². The maximum atomic E-state index is 13.6. The van der Waals surface area contributed by atoms with Gasteiger partial charge in [0.15, 0.2) is 5.82 Å². The van der Waals surface area contributed by atoms with Crippen molar-refractivity contribution >= 4 is 5.91 Å². The lowest BCUT2D eigenvalue weighted by Crippen LogP contribution is -2.44. The van der Waals surface area contributed by atoms with Crippen LogP contribution in [0.15, 0.2) is 28.8 Å². The van der Waals surface area contributed by atoms with Crippen LogP contribution >= 0.6 is 0 Å². The molecule has 0 N–H and O–H groups in total. The summed E-state index contributed by atoms with van der Waals surface area (Å²) in [6.45, 7) is 3.19. The van der Waals surface area contributed by atoms with Crippen LogP contribution in [0.3, 0.4) is 0 Å². The third-order valence-corrected chi connectivity index (χ3v) is 4.87. The van der Waals surface area contributed by atoms with E-state index in [0.29, 0.717) is 36.3 Å². The van der Waals surface area contributed by atoms with Gasteiger partial charge in [0.1, 0.15) is 11.9 Å². The highest BCUT2D eigenvalue weighted by Crippen LogP contribution is 2.26. The Morgan fingerprint density at radius 2 is 2.12 bits per heavy atom. The zero-order valence-electron chi connectivity index (χ0n) is 15.5. The molecular formula is C19H25FN4O2. The summed E-state index contributed by atoms with van der Waals surface area (Å²) < 4.78 is 18.8. The summed E-state index contributed by atoms with van der Waals surface area (Å²) in [7, 11) is 3.69. The molecule has 1 fully saturated rings. The molecule has 1 aromatic heterocycles. The highest BCUT2D eigenvalue weighted by molar-refractivity contribution is 5.83. The molecule has 1 aliphatic rings. The molecular weight excluding hydrogens is 335 g/mol. The van der Waals surface area contributed by atoms with Crippen molar-refractivity contribution in [1.82, 2.24) is 19.9 Å². The minimum atomic E-state index is -0.471. The summed E-state index contributed by atoms with van der Waals surface area (Å²) in [6, 6.07) is 5.81. The van der Waals surface area contributed by atoms with Crippen LogP contribution < -0.4 is 0 Å². The van der Waals surface area contributed by atoms with Gasteiger partial charge in [-0.15, -0.1) is 0 Å². The number of aromatic nitrogens is 2. The lowest BCUT2D eigenvalue weighted by atomic mass is 9.92. The summed E-state index contributed by atoms with van der Waals surface area (Å²) in [5, 5.41) is 3.82. The Balaban J connectivity index is 1.62. The number of piperidine rings is 1. The first-order valence-electron chi connectivity index (χ1n) is 8.94. The zero-order valence-corrected chi connectivity index (χ0v) is 15.5. The predicted octanol–water partition coefficient (Wildman–Crippen LogP) is 2.60. The van der Waals surface area contributed by atoms with Gasteiger partial charge in [-0.05, 0) is 57.5 Å². The molecule has 0 spiro atoms. The van der Waals surface area contributed by atoms with Crippen molar-refractivity contribution in [2.45, 2.75) is 32.2 Å². The van der Waals surface area contributed by atoms with Crippen LogP contribution in [0.4, 0.5) is 4.39 Å². The quantitative estimate of drug-likeness (QED) is 0.820. The Morgan fingerprint density at radius 1 is 1.38 bits per heavy atom. The molecule has 1 aliphatic heterocycles. The van der Waals surface area contributed by atoms with E-state index in [9.17, 15) is 9.18 Å². The van der Waals surface area contributed by atoms with E-state index in [0.717, 1.165) is 19.3 Å². The molecule has 7 heteroatoms. The van der Waals surface area contributed by atoms with E-state index in [1.165, 1.54) is 12.1 Å². The molecule has 0 radical (unpaired) electrons. The normalized spacial score (nSPS) is 16.9. The van der Waals surface area contributed by atoms with Gasteiger partial charge < -0.3 is 9.42 Å². The van der Waals surface area contributed by atoms with Gasteiger partial charge in [0, 0.05) is 19.5 Å². The number of likely N-dealkylation sites (tertiary alicyclic amines) is 1. The van der Waals surface area contributed by atoms with Gasteiger partial charge in [0.2, 0.25) is 11.8 Å². The van der Waals surface area contributed by atoms with Gasteiger partial charge in [-0.2, -0.15) is 4.98 Å². The Hall–Kier alpha value is -2.28. The summed E-state index contributed by atoms with van der Waals surface area (Å²) in [5.41, 5.74) is 0.684. The number of hydrogen-bond donors (Lipinski definition) is 0. The molecule has 2 aromatic rings. The molecule has 2 heterocycles. The number of halogens is 1. The summed E-state index contributed by atoms with van der Waals surface area (Å²) >= 11 is 0. The number of amides is 1. The van der Waals surface area contributed by atoms with Crippen molar-refractivity contribution < 1.29 is 13.7 Å². The number of carbonyl (C=O) groups is 1. The molecule has 0 bridgehead atoms. The zero-order chi connectivity index (χ0) is 18.7. The first kappa shape index (κ1) is 18.5. The van der Waals surface area contributed by atoms with Crippen LogP contribution in [0.1, 0.15) is 36.2 Å². The topological polar surface area (TPSA) is 62.5 Å². The monoisotopic (exact) mass is 360 g/mol. The Morgan fingerprint density at radius 3 is 2.69 bits per heavy atom. The number of carbonyl (C=O) groups excluding carboxylic acids is 1. The second-order valence-electron chi connectivity index (χ2n) is 7.13. The first-order chi connectivity index (χ1) is 12.4. The van der Waals surface area contributed by atoms with Gasteiger partial charge in [-0.3, -0.25) is 9.69 Å². The second kappa shape index (κ2) is 7.95. The van der Waals surface area contributed by atoms with E-state index in [4.69, 9.17) is 4.52 Å². The number of likely N-dealkylation sites (N-methyl/N-ethyl adjacent to an activating group) is 1. The number of aryl methyl sites for hydroxylation is 1. The smallest absolute Gasteiger partial charge is 0.244 e. The molecule has 0 aliphatic carbocycles. The molecule has 1 amide bonds. The van der Waals surface area contributed by atoms with Crippen molar-refractivity contribution in [2.24, 2.45) is 5.92 Å². The van der Waals surface area contributed by atoms with Crippen LogP contribution in [-0.2, 0) is 11.2 Å². The van der Waals surface area contributed by atoms with Gasteiger partial charge in [0.25, 0.3) is 0 Å². The molecule has 1 aromatic carbocycles. The fraction of sp³-hybridized carbons (Fsp3) is 0.526. The van der Waals surface area contributed by atoms with Crippen molar-refractivity contribution in [2.75, 3.05) is 27.2 Å². The third kappa shape index (κ3) is 4.27. The lowest BCUT2D eigenvalue weighted by molar-refractivity contribution is -0.137. The van der Waals surface area contributed by atoms with Crippen LogP contribution in [0, 0.1) is 18.7 Å². The molecule has 26 heavy (non-hydrogen) atoms. The van der Waals surface area contributed by atoms with E-state index in [1.54, 1.807) is 12.1 Å². The third-order valence-electron chi connectivity index (χ3n) is 4.87. The van der Waals surface area contributed by atoms with Crippen molar-refractivity contribution in [1.29, 1.82) is 0 Å². The molecule has 1 atom stereocenters. The molecule has 6 nitrogen and oxygen atoms in total. The molecule has 0 saturated carbocycles. The Bertz CT molecular complexity index is 754. The first-order valence-corrected chi connectivity index (χ1v) is 8.94. The van der Waals surface area contributed by atoms with E-state index in [1.807, 2.05) is 30.8 Å². The molecule has 0 unspecified atom stereocenters. The maximum absolute atomic E-state index is 13.6. The number of hydrogen-bond acceptors (Lipinski definition) is 5. The van der Waals surface area contributed by atoms with E-state index in [2.05, 4.69) is 10.1 Å². The Labute approximate surface area is 153 Å². The standard InChI is InChI=1S/C19H25FN4O2/c1-13-21-17(26-22-13)11-14-7-9-24(10-8-14)19(25)18(23(2)3)15-5-4-6-16(20)12-15/h4-6,12,14,18H,7-11H2,1-3H3/t18-/m1/s1. The fourth-order valence-electron chi connectivity index (χ4n) is 3.54. The predicted molar refractivity (Wildman–Crippen MR) is 94.9 cm³/mol. The minimum Gasteiger partial charge on any atom is -0.341 e. The van der Waals surface area contributed by atoms with Gasteiger partial charge in [-0.1, -0.05) is 17.3 Å². The van der Waals surface area contributed by atoms with Crippen LogP contribution in [0.5, 0.6) is 0 Å². The maximum Gasteiger partial charge on any atom is 0.244 e. The average Bonchev–Trinajstić information content (AvgIpc) is 3.00. The lowest BCUT2D eigenvalue weighted by Gasteiger charge is -2.35. The highest BCUT2D eigenvalue weighted by atomic mass is 19.1. The summed E-state index contributed by atoms with van der Waals surface area (Å²) in [5.74, 6) is 1.45. The number of nitrogens with zero attached hydrogens (tertiary/aromatic N) is 4. The SMILES string of the molecule is Cc1noc(CC2CCN(C(=O)[C@@H](c3cccc(F)c3)N(C)C)CC2)n1. The average molecular weight is 360 g/mol. The molecule has 1 saturated heterocycles. The van der Waals surface area contributed by atoms with E-state index in [-0.39, 0.29) is 11.7 Å². The largest absolute Gasteiger partial charge is 0.341 e. The molecule has 3 rings (SSSR count). The van der Waals surface area contributed by atoms with Crippen molar-refractivity contribution in [3.63, 3.8) is 0 Å². The summed E-state index contributed by atoms with van der Waals surface area (Å²) in [4.78, 5) is 21.0. The van der Waals surface area contributed by atoms with E-state index < -0.39 is 6.04 Å². The summed E-state index contributed by atoms with van der Waals surface area (Å²) in [6.07, 6.45) is 2.55. The van der Waals surface area contributed by atoms with Crippen LogP contribution in [0.25, 0.3) is 0 Å². The van der Waals surface area contributed by atoms with Gasteiger partial charge in [-0.25, -0.2) is 4.39 Å². The van der Waals surface area contributed by atoms with Crippen LogP contribution in [0.2, 0.25) is 0 Å². The fourth-order valence-corrected chi connectivity index (χ4v) is 3.54. The van der Waals surface area contributed by atoms with Crippen molar-refractivity contribution in [3.8, 4) is 0 Å². The number of benzene rings is 1. The van der Waals surface area contributed by atoms with Crippen molar-refractivity contribution in [3.05, 3.63) is 47.4 Å². The van der Waals surface area contributed by atoms with Gasteiger partial charge in [0.05, 0.1) is 0 Å².